The molecule has 1 N–H and O–H groups in total. The summed E-state index contributed by atoms with van der Waals surface area (Å²) in [7, 11) is 0. The van der Waals surface area contributed by atoms with Gasteiger partial charge in [-0.05, 0) is 18.9 Å². The molecule has 0 spiro atoms. The Labute approximate surface area is 59.8 Å². The zero-order chi connectivity index (χ0) is 7.40. The third-order valence-electron chi connectivity index (χ3n) is 1.39. The van der Waals surface area contributed by atoms with Crippen LogP contribution in [0.4, 0.5) is 0 Å². The number of nitrogens with zero attached hydrogens (tertiary/aromatic N) is 2. The molecule has 0 fully saturated rings. The molecular formula is C7H10N2O. The lowest BCUT2D eigenvalue weighted by atomic mass is 10.2. The van der Waals surface area contributed by atoms with Crippen molar-refractivity contribution in [3.8, 4) is 0 Å². The predicted octanol–water partition coefficient (Wildman–Crippen LogP) is 0.320. The van der Waals surface area contributed by atoms with Crippen LogP contribution < -0.4 is 0 Å². The van der Waals surface area contributed by atoms with Crippen molar-refractivity contribution in [1.29, 1.82) is 0 Å². The molecule has 54 valence electrons. The van der Waals surface area contributed by atoms with E-state index in [-0.39, 0.29) is 6.61 Å². The van der Waals surface area contributed by atoms with E-state index < -0.39 is 0 Å². The Bertz CT molecular complexity index is 213. The van der Waals surface area contributed by atoms with E-state index in [9.17, 15) is 0 Å². The van der Waals surface area contributed by atoms with Gasteiger partial charge in [-0.15, -0.1) is 0 Å². The molecule has 0 radical (unpaired) electrons. The van der Waals surface area contributed by atoms with E-state index in [2.05, 4.69) is 9.97 Å². The predicted molar refractivity (Wildman–Crippen MR) is 37.6 cm³/mol. The van der Waals surface area contributed by atoms with Gasteiger partial charge in [0.1, 0.15) is 6.33 Å². The largest absolute Gasteiger partial charge is 0.396 e. The van der Waals surface area contributed by atoms with E-state index in [1.807, 2.05) is 6.92 Å². The maximum atomic E-state index is 8.59. The van der Waals surface area contributed by atoms with E-state index in [1.165, 1.54) is 6.33 Å². The van der Waals surface area contributed by atoms with Gasteiger partial charge in [0.25, 0.3) is 0 Å². The summed E-state index contributed by atoms with van der Waals surface area (Å²) < 4.78 is 0. The molecule has 0 bridgehead atoms. The molecule has 0 amide bonds. The second-order valence-corrected chi connectivity index (χ2v) is 2.11. The highest BCUT2D eigenvalue weighted by atomic mass is 16.2. The molecule has 0 atom stereocenters. The fraction of sp³-hybridized carbons (Fsp3) is 0.429. The molecule has 0 unspecified atom stereocenters. The van der Waals surface area contributed by atoms with Gasteiger partial charge in [0, 0.05) is 18.5 Å². The highest BCUT2D eigenvalue weighted by Crippen LogP contribution is 2.00. The molecule has 10 heavy (non-hydrogen) atoms. The van der Waals surface area contributed by atoms with Crippen LogP contribution in [-0.2, 0) is 6.42 Å². The van der Waals surface area contributed by atoms with Gasteiger partial charge in [-0.2, -0.15) is 0 Å². The Morgan fingerprint density at radius 3 is 3.00 bits per heavy atom. The standard InChI is InChI=1S/C7H10N2O/c1-6-7(2-3-10)4-8-5-9-6/h4-5,10H,2-3H2,1H3. The van der Waals surface area contributed by atoms with E-state index in [1.54, 1.807) is 6.20 Å². The molecule has 1 aromatic heterocycles. The summed E-state index contributed by atoms with van der Waals surface area (Å²) in [4.78, 5) is 7.82. The number of hydrogen-bond acceptors (Lipinski definition) is 3. The number of aliphatic hydroxyl groups excluding tert-OH is 1. The van der Waals surface area contributed by atoms with Crippen molar-refractivity contribution in [2.24, 2.45) is 0 Å². The Kier molecular flexibility index (Phi) is 2.34. The van der Waals surface area contributed by atoms with Crippen molar-refractivity contribution in [3.63, 3.8) is 0 Å². The topological polar surface area (TPSA) is 46.0 Å². The lowest BCUT2D eigenvalue weighted by Gasteiger charge is -1.98. The lowest BCUT2D eigenvalue weighted by Crippen LogP contribution is -1.96. The molecule has 3 heteroatoms. The van der Waals surface area contributed by atoms with Gasteiger partial charge in [0.2, 0.25) is 0 Å². The third kappa shape index (κ3) is 1.51. The molecule has 0 saturated carbocycles. The monoisotopic (exact) mass is 138 g/mol. The maximum absolute atomic E-state index is 8.59. The number of aromatic nitrogens is 2. The van der Waals surface area contributed by atoms with Crippen LogP contribution in [0.5, 0.6) is 0 Å². The number of aryl methyl sites for hydroxylation is 1. The molecule has 0 aromatic carbocycles. The molecule has 1 aromatic rings. The van der Waals surface area contributed by atoms with Crippen LogP contribution in [0.2, 0.25) is 0 Å². The molecule has 3 nitrogen and oxygen atoms in total. The summed E-state index contributed by atoms with van der Waals surface area (Å²) in [6.45, 7) is 2.07. The van der Waals surface area contributed by atoms with Crippen LogP contribution in [0.15, 0.2) is 12.5 Å². The van der Waals surface area contributed by atoms with Gasteiger partial charge in [0.05, 0.1) is 0 Å². The summed E-state index contributed by atoms with van der Waals surface area (Å²) in [5.41, 5.74) is 1.97. The first kappa shape index (κ1) is 7.15. The van der Waals surface area contributed by atoms with Crippen LogP contribution in [0, 0.1) is 6.92 Å². The zero-order valence-electron chi connectivity index (χ0n) is 5.91. The summed E-state index contributed by atoms with van der Waals surface area (Å²) in [5.74, 6) is 0. The maximum Gasteiger partial charge on any atom is 0.115 e. The normalized spacial score (nSPS) is 9.80. The van der Waals surface area contributed by atoms with Crippen molar-refractivity contribution in [2.45, 2.75) is 13.3 Å². The average Bonchev–Trinajstić information content (AvgIpc) is 1.94. The smallest absolute Gasteiger partial charge is 0.115 e. The minimum atomic E-state index is 0.161. The Balaban J connectivity index is 2.81. The van der Waals surface area contributed by atoms with Gasteiger partial charge in [-0.3, -0.25) is 0 Å². The van der Waals surface area contributed by atoms with Crippen molar-refractivity contribution < 1.29 is 5.11 Å². The van der Waals surface area contributed by atoms with E-state index >= 15 is 0 Å². The average molecular weight is 138 g/mol. The Morgan fingerprint density at radius 1 is 1.60 bits per heavy atom. The van der Waals surface area contributed by atoms with Gasteiger partial charge in [0.15, 0.2) is 0 Å². The fourth-order valence-corrected chi connectivity index (χ4v) is 0.785. The number of rotatable bonds is 2. The molecular weight excluding hydrogens is 128 g/mol. The zero-order valence-corrected chi connectivity index (χ0v) is 5.91. The van der Waals surface area contributed by atoms with Crippen molar-refractivity contribution >= 4 is 0 Å². The summed E-state index contributed by atoms with van der Waals surface area (Å²) in [6, 6.07) is 0. The first-order chi connectivity index (χ1) is 4.84. The van der Waals surface area contributed by atoms with Gasteiger partial charge >= 0.3 is 0 Å². The van der Waals surface area contributed by atoms with Gasteiger partial charge < -0.3 is 5.11 Å². The summed E-state index contributed by atoms with van der Waals surface area (Å²) in [5, 5.41) is 8.59. The quantitative estimate of drug-likeness (QED) is 0.640. The van der Waals surface area contributed by atoms with Crippen LogP contribution in [-0.4, -0.2) is 21.7 Å². The van der Waals surface area contributed by atoms with Gasteiger partial charge in [-0.1, -0.05) is 0 Å². The molecule has 0 aliphatic heterocycles. The first-order valence-electron chi connectivity index (χ1n) is 3.21. The van der Waals surface area contributed by atoms with E-state index in [0.717, 1.165) is 11.3 Å². The number of aliphatic hydroxyl groups is 1. The van der Waals surface area contributed by atoms with E-state index in [0.29, 0.717) is 6.42 Å². The minimum absolute atomic E-state index is 0.161. The SMILES string of the molecule is Cc1ncncc1CCO. The van der Waals surface area contributed by atoms with Crippen molar-refractivity contribution in [3.05, 3.63) is 23.8 Å². The molecule has 1 heterocycles. The Hall–Kier alpha value is -0.960. The lowest BCUT2D eigenvalue weighted by molar-refractivity contribution is 0.299. The highest BCUT2D eigenvalue weighted by molar-refractivity contribution is 5.13. The molecule has 0 saturated heterocycles. The molecule has 0 aliphatic carbocycles. The molecule has 0 aliphatic rings. The van der Waals surface area contributed by atoms with Gasteiger partial charge in [-0.25, -0.2) is 9.97 Å². The van der Waals surface area contributed by atoms with Crippen LogP contribution >= 0.6 is 0 Å². The second kappa shape index (κ2) is 3.27. The summed E-state index contributed by atoms with van der Waals surface area (Å²) >= 11 is 0. The van der Waals surface area contributed by atoms with Crippen LogP contribution in [0.25, 0.3) is 0 Å². The minimum Gasteiger partial charge on any atom is -0.396 e. The van der Waals surface area contributed by atoms with Crippen molar-refractivity contribution in [1.82, 2.24) is 9.97 Å². The third-order valence-corrected chi connectivity index (χ3v) is 1.39. The second-order valence-electron chi connectivity index (χ2n) is 2.11. The number of hydrogen-bond donors (Lipinski definition) is 1. The summed E-state index contributed by atoms with van der Waals surface area (Å²) in [6.07, 6.45) is 3.89. The first-order valence-corrected chi connectivity index (χ1v) is 3.21. The van der Waals surface area contributed by atoms with Crippen LogP contribution in [0.3, 0.4) is 0 Å². The van der Waals surface area contributed by atoms with E-state index in [4.69, 9.17) is 5.11 Å². The van der Waals surface area contributed by atoms with Crippen molar-refractivity contribution in [2.75, 3.05) is 6.61 Å². The highest BCUT2D eigenvalue weighted by Gasteiger charge is 1.95. The van der Waals surface area contributed by atoms with Crippen LogP contribution in [0.1, 0.15) is 11.3 Å². The Morgan fingerprint density at radius 2 is 2.40 bits per heavy atom. The fourth-order valence-electron chi connectivity index (χ4n) is 0.785. The molecule has 1 rings (SSSR count).